The van der Waals surface area contributed by atoms with Gasteiger partial charge in [-0.25, -0.2) is 0 Å². The Balaban J connectivity index is 1.48. The molecule has 0 aromatic heterocycles. The van der Waals surface area contributed by atoms with E-state index in [0.29, 0.717) is 18.5 Å². The molecule has 126 valence electrons. The Bertz CT molecular complexity index is 701. The largest absolute Gasteiger partial charge is 0.454 e. The van der Waals surface area contributed by atoms with Crippen LogP contribution in [0.15, 0.2) is 42.5 Å². The highest BCUT2D eigenvalue weighted by atomic mass is 32.1. The summed E-state index contributed by atoms with van der Waals surface area (Å²) in [6, 6.07) is 14.3. The molecule has 1 heterocycles. The van der Waals surface area contributed by atoms with Crippen LogP contribution in [0.4, 0.5) is 5.69 Å². The van der Waals surface area contributed by atoms with Crippen molar-refractivity contribution < 1.29 is 9.47 Å². The van der Waals surface area contributed by atoms with E-state index in [1.807, 2.05) is 18.2 Å². The molecule has 4 nitrogen and oxygen atoms in total. The summed E-state index contributed by atoms with van der Waals surface area (Å²) in [5, 5.41) is 7.03. The van der Waals surface area contributed by atoms with Crippen LogP contribution >= 0.6 is 12.2 Å². The summed E-state index contributed by atoms with van der Waals surface area (Å²) in [5.74, 6) is 1.58. The van der Waals surface area contributed by atoms with Gasteiger partial charge in [-0.3, -0.25) is 0 Å². The predicted molar refractivity (Wildman–Crippen MR) is 101 cm³/mol. The lowest BCUT2D eigenvalue weighted by atomic mass is 10.1. The summed E-state index contributed by atoms with van der Waals surface area (Å²) >= 11 is 5.36. The average molecular weight is 342 g/mol. The average Bonchev–Trinajstić information content (AvgIpc) is 3.07. The molecule has 0 unspecified atom stereocenters. The van der Waals surface area contributed by atoms with Crippen molar-refractivity contribution in [1.29, 1.82) is 0 Å². The van der Waals surface area contributed by atoms with Crippen molar-refractivity contribution in [2.75, 3.05) is 12.1 Å². The van der Waals surface area contributed by atoms with E-state index in [9.17, 15) is 0 Å². The highest BCUT2D eigenvalue weighted by molar-refractivity contribution is 7.80. The second-order valence-electron chi connectivity index (χ2n) is 5.80. The minimum absolute atomic E-state index is 0.292. The van der Waals surface area contributed by atoms with Gasteiger partial charge in [0.05, 0.1) is 0 Å². The van der Waals surface area contributed by atoms with E-state index < -0.39 is 0 Å². The van der Waals surface area contributed by atoms with Gasteiger partial charge in [0.1, 0.15) is 0 Å². The van der Waals surface area contributed by atoms with Gasteiger partial charge in [-0.1, -0.05) is 31.5 Å². The molecule has 0 bridgehead atoms. The molecule has 2 N–H and O–H groups in total. The lowest BCUT2D eigenvalue weighted by Crippen LogP contribution is -2.27. The lowest BCUT2D eigenvalue weighted by Gasteiger charge is -2.11. The van der Waals surface area contributed by atoms with Crippen LogP contribution in [0.5, 0.6) is 11.5 Å². The number of rotatable bonds is 6. The summed E-state index contributed by atoms with van der Waals surface area (Å²) in [4.78, 5) is 0. The van der Waals surface area contributed by atoms with E-state index in [0.717, 1.165) is 29.2 Å². The number of hydrogen-bond acceptors (Lipinski definition) is 3. The van der Waals surface area contributed by atoms with Gasteiger partial charge in [0, 0.05) is 12.2 Å². The minimum atomic E-state index is 0.292. The number of thiocarbonyl (C=S) groups is 1. The number of benzene rings is 2. The zero-order valence-electron chi connectivity index (χ0n) is 13.8. The van der Waals surface area contributed by atoms with Crippen molar-refractivity contribution in [3.63, 3.8) is 0 Å². The third-order valence-corrected chi connectivity index (χ3v) is 4.17. The summed E-state index contributed by atoms with van der Waals surface area (Å²) < 4.78 is 10.7. The highest BCUT2D eigenvalue weighted by Crippen LogP contribution is 2.32. The standard InChI is InChI=1S/C19H22N2O2S/c1-2-3-4-14-5-8-16(9-6-14)21-19(24)20-12-15-7-10-17-18(11-15)23-13-22-17/h5-11H,2-4,12-13H2,1H3,(H2,20,21,24). The maximum Gasteiger partial charge on any atom is 0.231 e. The second kappa shape index (κ2) is 8.02. The molecule has 1 aliphatic heterocycles. The molecule has 3 rings (SSSR count). The summed E-state index contributed by atoms with van der Waals surface area (Å²) in [6.45, 7) is 3.14. The Labute approximate surface area is 148 Å². The predicted octanol–water partition coefficient (Wildman–Crippen LogP) is 4.24. The van der Waals surface area contributed by atoms with Gasteiger partial charge in [0.15, 0.2) is 16.6 Å². The summed E-state index contributed by atoms with van der Waals surface area (Å²) in [5.41, 5.74) is 3.46. The molecule has 0 aliphatic carbocycles. The molecular weight excluding hydrogens is 320 g/mol. The molecule has 0 spiro atoms. The third kappa shape index (κ3) is 4.38. The number of aryl methyl sites for hydroxylation is 1. The normalized spacial score (nSPS) is 12.0. The Kier molecular flexibility index (Phi) is 5.54. The monoisotopic (exact) mass is 342 g/mol. The molecule has 0 amide bonds. The van der Waals surface area contributed by atoms with E-state index in [4.69, 9.17) is 21.7 Å². The molecule has 0 atom stereocenters. The van der Waals surface area contributed by atoms with E-state index in [1.54, 1.807) is 0 Å². The smallest absolute Gasteiger partial charge is 0.231 e. The van der Waals surface area contributed by atoms with Crippen LogP contribution in [0, 0.1) is 0 Å². The maximum absolute atomic E-state index is 5.38. The van der Waals surface area contributed by atoms with Gasteiger partial charge in [-0.2, -0.15) is 0 Å². The maximum atomic E-state index is 5.38. The fourth-order valence-corrected chi connectivity index (χ4v) is 2.73. The van der Waals surface area contributed by atoms with E-state index in [1.165, 1.54) is 18.4 Å². The van der Waals surface area contributed by atoms with Gasteiger partial charge >= 0.3 is 0 Å². The molecule has 1 aliphatic rings. The van der Waals surface area contributed by atoms with Gasteiger partial charge in [0.2, 0.25) is 6.79 Å². The van der Waals surface area contributed by atoms with Gasteiger partial charge in [-0.15, -0.1) is 0 Å². The molecule has 2 aromatic carbocycles. The number of nitrogens with one attached hydrogen (secondary N) is 2. The topological polar surface area (TPSA) is 42.5 Å². The zero-order valence-corrected chi connectivity index (χ0v) is 14.6. The Hall–Kier alpha value is -2.27. The van der Waals surface area contributed by atoms with Crippen LogP contribution in [0.1, 0.15) is 30.9 Å². The summed E-state index contributed by atoms with van der Waals surface area (Å²) in [6.07, 6.45) is 3.57. The van der Waals surface area contributed by atoms with Gasteiger partial charge in [-0.05, 0) is 60.5 Å². The molecule has 0 radical (unpaired) electrons. The lowest BCUT2D eigenvalue weighted by molar-refractivity contribution is 0.174. The van der Waals surface area contributed by atoms with Crippen molar-refractivity contribution in [2.24, 2.45) is 0 Å². The van der Waals surface area contributed by atoms with Crippen molar-refractivity contribution in [3.05, 3.63) is 53.6 Å². The molecule has 0 saturated heterocycles. The molecule has 5 heteroatoms. The quantitative estimate of drug-likeness (QED) is 0.769. The second-order valence-corrected chi connectivity index (χ2v) is 6.20. The summed E-state index contributed by atoms with van der Waals surface area (Å²) in [7, 11) is 0. The van der Waals surface area contributed by atoms with Crippen LogP contribution in [-0.4, -0.2) is 11.9 Å². The Morgan fingerprint density at radius 1 is 1.04 bits per heavy atom. The molecule has 24 heavy (non-hydrogen) atoms. The number of hydrogen-bond donors (Lipinski definition) is 2. The van der Waals surface area contributed by atoms with Crippen LogP contribution in [0.2, 0.25) is 0 Å². The minimum Gasteiger partial charge on any atom is -0.454 e. The fraction of sp³-hybridized carbons (Fsp3) is 0.316. The van der Waals surface area contributed by atoms with Gasteiger partial charge in [0.25, 0.3) is 0 Å². The first-order chi connectivity index (χ1) is 11.7. The first-order valence-electron chi connectivity index (χ1n) is 8.27. The first-order valence-corrected chi connectivity index (χ1v) is 8.68. The number of anilines is 1. The van der Waals surface area contributed by atoms with E-state index >= 15 is 0 Å². The van der Waals surface area contributed by atoms with Crippen LogP contribution in [0.25, 0.3) is 0 Å². The van der Waals surface area contributed by atoms with Crippen molar-refractivity contribution >= 4 is 23.0 Å². The SMILES string of the molecule is CCCCc1ccc(NC(=S)NCc2ccc3c(c2)OCO3)cc1. The molecule has 2 aromatic rings. The third-order valence-electron chi connectivity index (χ3n) is 3.92. The molecule has 0 fully saturated rings. The first kappa shape index (κ1) is 16.6. The zero-order chi connectivity index (χ0) is 16.8. The highest BCUT2D eigenvalue weighted by Gasteiger charge is 2.13. The van der Waals surface area contributed by atoms with Crippen molar-refractivity contribution in [3.8, 4) is 11.5 Å². The fourth-order valence-electron chi connectivity index (χ4n) is 2.54. The number of ether oxygens (including phenoxy) is 2. The molecule has 0 saturated carbocycles. The van der Waals surface area contributed by atoms with E-state index in [2.05, 4.69) is 41.8 Å². The van der Waals surface area contributed by atoms with Gasteiger partial charge < -0.3 is 20.1 Å². The Morgan fingerprint density at radius 3 is 2.58 bits per heavy atom. The number of unbranched alkanes of at least 4 members (excludes halogenated alkanes) is 1. The number of fused-ring (bicyclic) bond motifs is 1. The van der Waals surface area contributed by atoms with Crippen molar-refractivity contribution in [1.82, 2.24) is 5.32 Å². The van der Waals surface area contributed by atoms with Crippen molar-refractivity contribution in [2.45, 2.75) is 32.7 Å². The van der Waals surface area contributed by atoms with E-state index in [-0.39, 0.29) is 0 Å². The van der Waals surface area contributed by atoms with Crippen LogP contribution < -0.4 is 20.1 Å². The molecular formula is C19H22N2O2S. The van der Waals surface area contributed by atoms with Crippen LogP contribution in [-0.2, 0) is 13.0 Å². The Morgan fingerprint density at radius 2 is 1.79 bits per heavy atom. The van der Waals surface area contributed by atoms with Crippen LogP contribution in [0.3, 0.4) is 0 Å².